The van der Waals surface area contributed by atoms with E-state index in [1.165, 1.54) is 11.3 Å². The molecule has 19 heavy (non-hydrogen) atoms. The van der Waals surface area contributed by atoms with Gasteiger partial charge in [-0.15, -0.1) is 11.3 Å². The van der Waals surface area contributed by atoms with E-state index in [2.05, 4.69) is 4.98 Å². The Morgan fingerprint density at radius 2 is 2.21 bits per heavy atom. The summed E-state index contributed by atoms with van der Waals surface area (Å²) in [7, 11) is 0. The van der Waals surface area contributed by atoms with E-state index in [9.17, 15) is 9.59 Å². The number of anilines is 1. The van der Waals surface area contributed by atoms with Gasteiger partial charge in [0.25, 0.3) is 0 Å². The van der Waals surface area contributed by atoms with Crippen LogP contribution in [0.15, 0.2) is 35.8 Å². The van der Waals surface area contributed by atoms with Crippen LogP contribution in [0, 0.1) is 0 Å². The molecule has 1 aliphatic rings. The van der Waals surface area contributed by atoms with Gasteiger partial charge in [-0.2, -0.15) is 0 Å². The molecule has 2 aromatic rings. The van der Waals surface area contributed by atoms with Crippen molar-refractivity contribution in [1.29, 1.82) is 0 Å². The fourth-order valence-corrected chi connectivity index (χ4v) is 2.88. The second-order valence-electron chi connectivity index (χ2n) is 4.33. The van der Waals surface area contributed by atoms with Crippen LogP contribution in [0.25, 0.3) is 0 Å². The molecule has 0 aromatic carbocycles. The number of rotatable bonds is 3. The summed E-state index contributed by atoms with van der Waals surface area (Å²) in [6.45, 7) is 0.639. The van der Waals surface area contributed by atoms with Crippen molar-refractivity contribution in [3.05, 3.63) is 46.3 Å². The molecule has 3 heterocycles. The molecular formula is C14H12N2O2S. The molecule has 0 radical (unpaired) electrons. The first-order valence-electron chi connectivity index (χ1n) is 6.11. The van der Waals surface area contributed by atoms with E-state index < -0.39 is 0 Å². The highest BCUT2D eigenvalue weighted by molar-refractivity contribution is 7.12. The van der Waals surface area contributed by atoms with Crippen LogP contribution in [0.2, 0.25) is 0 Å². The Morgan fingerprint density at radius 3 is 2.89 bits per heavy atom. The number of carbonyl (C=O) groups excluding carboxylic acids is 2. The summed E-state index contributed by atoms with van der Waals surface area (Å²) in [5, 5.41) is 1.87. The largest absolute Gasteiger partial charge is 0.296 e. The summed E-state index contributed by atoms with van der Waals surface area (Å²) in [5.74, 6) is 0.458. The van der Waals surface area contributed by atoms with E-state index in [0.29, 0.717) is 29.2 Å². The lowest BCUT2D eigenvalue weighted by molar-refractivity contribution is -0.117. The zero-order valence-corrected chi connectivity index (χ0v) is 11.0. The maximum Gasteiger partial charge on any atom is 0.228 e. The number of hydrogen-bond acceptors (Lipinski definition) is 4. The Bertz CT molecular complexity index is 622. The smallest absolute Gasteiger partial charge is 0.228 e. The van der Waals surface area contributed by atoms with Gasteiger partial charge in [-0.3, -0.25) is 14.5 Å². The van der Waals surface area contributed by atoms with Crippen LogP contribution in [0.5, 0.6) is 0 Å². The minimum absolute atomic E-state index is 0.0407. The first-order chi connectivity index (χ1) is 9.27. The molecule has 0 bridgehead atoms. The van der Waals surface area contributed by atoms with Gasteiger partial charge >= 0.3 is 0 Å². The van der Waals surface area contributed by atoms with Crippen molar-refractivity contribution in [2.24, 2.45) is 0 Å². The molecule has 0 N–H and O–H groups in total. The van der Waals surface area contributed by atoms with Crippen LogP contribution in [-0.4, -0.2) is 23.2 Å². The Hall–Kier alpha value is -2.01. The van der Waals surface area contributed by atoms with Gasteiger partial charge in [-0.05, 0) is 30.0 Å². The summed E-state index contributed by atoms with van der Waals surface area (Å²) in [6.07, 6.45) is 2.97. The molecule has 1 fully saturated rings. The first kappa shape index (κ1) is 12.0. The van der Waals surface area contributed by atoms with Crippen LogP contribution in [-0.2, 0) is 4.79 Å². The summed E-state index contributed by atoms with van der Waals surface area (Å²) < 4.78 is 0. The van der Waals surface area contributed by atoms with Crippen molar-refractivity contribution < 1.29 is 9.59 Å². The molecule has 1 aliphatic heterocycles. The van der Waals surface area contributed by atoms with E-state index in [1.807, 2.05) is 11.4 Å². The Kier molecular flexibility index (Phi) is 3.13. The van der Waals surface area contributed by atoms with E-state index in [-0.39, 0.29) is 11.7 Å². The van der Waals surface area contributed by atoms with Gasteiger partial charge < -0.3 is 0 Å². The quantitative estimate of drug-likeness (QED) is 0.807. The SMILES string of the molecule is O=C(c1cccs1)c1cccnc1N1CCCC1=O. The standard InChI is InChI=1S/C14H12N2O2S/c17-12-6-2-8-16(12)14-10(4-1-7-15-14)13(18)11-5-3-9-19-11/h1,3-5,7,9H,2,6,8H2. The number of thiophene rings is 1. The number of hydrogen-bond donors (Lipinski definition) is 0. The van der Waals surface area contributed by atoms with Crippen molar-refractivity contribution in [2.45, 2.75) is 12.8 Å². The fourth-order valence-electron chi connectivity index (χ4n) is 2.20. The van der Waals surface area contributed by atoms with Crippen molar-refractivity contribution in [3.8, 4) is 0 Å². The second-order valence-corrected chi connectivity index (χ2v) is 5.28. The molecule has 3 rings (SSSR count). The van der Waals surface area contributed by atoms with Crippen LogP contribution >= 0.6 is 11.3 Å². The maximum absolute atomic E-state index is 12.4. The number of ketones is 1. The third-order valence-corrected chi connectivity index (χ3v) is 3.97. The van der Waals surface area contributed by atoms with Crippen LogP contribution in [0.3, 0.4) is 0 Å². The summed E-state index contributed by atoms with van der Waals surface area (Å²) >= 11 is 1.40. The highest BCUT2D eigenvalue weighted by atomic mass is 32.1. The number of aromatic nitrogens is 1. The molecule has 0 saturated carbocycles. The minimum atomic E-state index is -0.0715. The van der Waals surface area contributed by atoms with Gasteiger partial charge in [0.1, 0.15) is 5.82 Å². The zero-order chi connectivity index (χ0) is 13.2. The van der Waals surface area contributed by atoms with Gasteiger partial charge in [0.05, 0.1) is 10.4 Å². The highest BCUT2D eigenvalue weighted by Crippen LogP contribution is 2.26. The monoisotopic (exact) mass is 272 g/mol. The van der Waals surface area contributed by atoms with Gasteiger partial charge in [0, 0.05) is 19.2 Å². The lowest BCUT2D eigenvalue weighted by atomic mass is 10.1. The van der Waals surface area contributed by atoms with Crippen LogP contribution in [0.1, 0.15) is 28.1 Å². The molecule has 96 valence electrons. The summed E-state index contributed by atoms with van der Waals surface area (Å²) in [6, 6.07) is 7.09. The number of amides is 1. The lowest BCUT2D eigenvalue weighted by Gasteiger charge is -2.17. The van der Waals surface area contributed by atoms with E-state index in [4.69, 9.17) is 0 Å². The Balaban J connectivity index is 2.02. The maximum atomic E-state index is 12.4. The molecule has 4 nitrogen and oxygen atoms in total. The van der Waals surface area contributed by atoms with Crippen molar-refractivity contribution >= 4 is 28.8 Å². The second kappa shape index (κ2) is 4.93. The molecule has 1 saturated heterocycles. The van der Waals surface area contributed by atoms with E-state index >= 15 is 0 Å². The van der Waals surface area contributed by atoms with Crippen molar-refractivity contribution in [2.75, 3.05) is 11.4 Å². The van der Waals surface area contributed by atoms with Crippen molar-refractivity contribution in [1.82, 2.24) is 4.98 Å². The van der Waals surface area contributed by atoms with Gasteiger partial charge in [0.15, 0.2) is 0 Å². The molecule has 0 spiro atoms. The van der Waals surface area contributed by atoms with E-state index in [0.717, 1.165) is 6.42 Å². The highest BCUT2D eigenvalue weighted by Gasteiger charge is 2.27. The molecule has 0 aliphatic carbocycles. The van der Waals surface area contributed by atoms with Crippen LogP contribution in [0.4, 0.5) is 5.82 Å². The van der Waals surface area contributed by atoms with Crippen molar-refractivity contribution in [3.63, 3.8) is 0 Å². The number of pyridine rings is 1. The molecule has 0 atom stereocenters. The van der Waals surface area contributed by atoms with Gasteiger partial charge in [-0.25, -0.2) is 4.98 Å². The minimum Gasteiger partial charge on any atom is -0.296 e. The normalized spacial score (nSPS) is 14.9. The van der Waals surface area contributed by atoms with Gasteiger partial charge in [-0.1, -0.05) is 6.07 Å². The topological polar surface area (TPSA) is 50.3 Å². The first-order valence-corrected chi connectivity index (χ1v) is 6.99. The Morgan fingerprint density at radius 1 is 1.32 bits per heavy atom. The molecular weight excluding hydrogens is 260 g/mol. The molecule has 1 amide bonds. The molecule has 0 unspecified atom stereocenters. The average molecular weight is 272 g/mol. The average Bonchev–Trinajstić information content (AvgIpc) is 3.09. The predicted octanol–water partition coefficient (Wildman–Crippen LogP) is 2.50. The predicted molar refractivity (Wildman–Crippen MR) is 73.6 cm³/mol. The summed E-state index contributed by atoms with van der Waals surface area (Å²) in [5.41, 5.74) is 0.500. The molecule has 2 aromatic heterocycles. The number of nitrogens with zero attached hydrogens (tertiary/aromatic N) is 2. The third kappa shape index (κ3) is 2.17. The van der Waals surface area contributed by atoms with Crippen LogP contribution < -0.4 is 4.90 Å². The Labute approximate surface area is 114 Å². The summed E-state index contributed by atoms with van der Waals surface area (Å²) in [4.78, 5) is 30.7. The fraction of sp³-hybridized carbons (Fsp3) is 0.214. The number of carbonyl (C=O) groups is 2. The zero-order valence-electron chi connectivity index (χ0n) is 10.2. The van der Waals surface area contributed by atoms with E-state index in [1.54, 1.807) is 29.3 Å². The lowest BCUT2D eigenvalue weighted by Crippen LogP contribution is -2.26. The van der Waals surface area contributed by atoms with Gasteiger partial charge in [0.2, 0.25) is 11.7 Å². The third-order valence-electron chi connectivity index (χ3n) is 3.11. The molecule has 5 heteroatoms.